The molecular formula is C25H30F3N3O6. The van der Waals surface area contributed by atoms with Crippen molar-refractivity contribution in [3.8, 4) is 0 Å². The summed E-state index contributed by atoms with van der Waals surface area (Å²) < 4.78 is 43.3. The lowest BCUT2D eigenvalue weighted by Gasteiger charge is -2.48. The van der Waals surface area contributed by atoms with Crippen molar-refractivity contribution in [2.75, 3.05) is 39.8 Å². The zero-order valence-electron chi connectivity index (χ0n) is 20.4. The first-order valence-electron chi connectivity index (χ1n) is 11.8. The molecule has 1 atom stereocenters. The van der Waals surface area contributed by atoms with E-state index in [2.05, 4.69) is 22.3 Å². The van der Waals surface area contributed by atoms with Crippen molar-refractivity contribution in [3.05, 3.63) is 60.1 Å². The lowest BCUT2D eigenvalue weighted by molar-refractivity contribution is -0.192. The van der Waals surface area contributed by atoms with Crippen molar-refractivity contribution in [2.45, 2.75) is 37.1 Å². The Morgan fingerprint density at radius 1 is 1.11 bits per heavy atom. The summed E-state index contributed by atoms with van der Waals surface area (Å²) in [6.45, 7) is 3.12. The number of hydrogen-bond acceptors (Lipinski definition) is 6. The summed E-state index contributed by atoms with van der Waals surface area (Å²) in [5.41, 5.74) is 0.804. The van der Waals surface area contributed by atoms with E-state index in [4.69, 9.17) is 19.1 Å². The van der Waals surface area contributed by atoms with E-state index in [0.717, 1.165) is 13.0 Å². The molecule has 2 fully saturated rings. The molecule has 0 saturated carbocycles. The number of likely N-dealkylation sites (N-methyl/N-ethyl adjacent to an activating group) is 1. The number of amides is 2. The fraction of sp³-hybridized carbons (Fsp3) is 0.480. The number of carbonyl (C=O) groups excluding carboxylic acids is 2. The number of alkyl halides is 3. The molecule has 1 spiro atoms. The highest BCUT2D eigenvalue weighted by Gasteiger charge is 2.45. The summed E-state index contributed by atoms with van der Waals surface area (Å²) >= 11 is 0. The fourth-order valence-electron chi connectivity index (χ4n) is 4.39. The Bertz CT molecular complexity index is 1040. The van der Waals surface area contributed by atoms with Crippen molar-refractivity contribution in [3.63, 3.8) is 0 Å². The molecule has 2 aromatic rings. The smallest absolute Gasteiger partial charge is 0.475 e. The van der Waals surface area contributed by atoms with E-state index < -0.39 is 23.9 Å². The summed E-state index contributed by atoms with van der Waals surface area (Å²) in [6.07, 6.45) is -1.86. The number of nitrogens with zero attached hydrogens (tertiary/aromatic N) is 2. The van der Waals surface area contributed by atoms with Gasteiger partial charge in [0, 0.05) is 32.7 Å². The van der Waals surface area contributed by atoms with E-state index in [1.54, 1.807) is 17.0 Å². The van der Waals surface area contributed by atoms with Crippen LogP contribution in [-0.2, 0) is 20.7 Å². The number of rotatable bonds is 5. The summed E-state index contributed by atoms with van der Waals surface area (Å²) in [7, 11) is 2.02. The minimum atomic E-state index is -5.08. The molecule has 1 aromatic heterocycles. The third-order valence-electron chi connectivity index (χ3n) is 6.21. The number of carbonyl (C=O) groups is 3. The minimum absolute atomic E-state index is 0.0639. The molecule has 0 aliphatic carbocycles. The van der Waals surface area contributed by atoms with E-state index in [0.29, 0.717) is 44.8 Å². The minimum Gasteiger partial charge on any atom is -0.475 e. The Morgan fingerprint density at radius 3 is 2.32 bits per heavy atom. The molecule has 2 aliphatic rings. The Balaban J connectivity index is 0.000000479. The Labute approximate surface area is 212 Å². The van der Waals surface area contributed by atoms with Gasteiger partial charge >= 0.3 is 12.1 Å². The molecular weight excluding hydrogens is 495 g/mol. The SMILES string of the molecule is CN1CC(C(=O)NCCc2ccccc2)OC2(CCN(C(=O)c3ccco3)CC2)C1.O=C(O)C(F)(F)F. The predicted molar refractivity (Wildman–Crippen MR) is 126 cm³/mol. The molecule has 0 bridgehead atoms. The van der Waals surface area contributed by atoms with E-state index in [9.17, 15) is 22.8 Å². The number of ether oxygens (including phenoxy) is 1. The molecule has 1 aromatic carbocycles. The van der Waals surface area contributed by atoms with Crippen molar-refractivity contribution in [2.24, 2.45) is 0 Å². The lowest BCUT2D eigenvalue weighted by atomic mass is 9.88. The summed E-state index contributed by atoms with van der Waals surface area (Å²) in [5, 5.41) is 10.1. The highest BCUT2D eigenvalue weighted by atomic mass is 19.4. The van der Waals surface area contributed by atoms with Gasteiger partial charge in [0.2, 0.25) is 0 Å². The standard InChI is InChI=1S/C23H29N3O4.C2HF3O2/c1-25-16-20(21(27)24-12-9-18-6-3-2-4-7-18)30-23(17-25)10-13-26(14-11-23)22(28)19-8-5-15-29-19;3-2(4,5)1(6)7/h2-8,15,20H,9-14,16-17H2,1H3,(H,24,27);(H,6,7). The van der Waals surface area contributed by atoms with E-state index in [1.807, 2.05) is 25.2 Å². The average Bonchev–Trinajstić information content (AvgIpc) is 3.39. The van der Waals surface area contributed by atoms with Gasteiger partial charge in [-0.15, -0.1) is 0 Å². The van der Waals surface area contributed by atoms with E-state index in [-0.39, 0.29) is 11.8 Å². The van der Waals surface area contributed by atoms with Crippen LogP contribution in [0, 0.1) is 0 Å². The molecule has 9 nitrogen and oxygen atoms in total. The van der Waals surface area contributed by atoms with Crippen LogP contribution in [0.2, 0.25) is 0 Å². The van der Waals surface area contributed by atoms with Crippen LogP contribution in [0.4, 0.5) is 13.2 Å². The number of carboxylic acids is 1. The first kappa shape index (κ1) is 28.2. The average molecular weight is 526 g/mol. The van der Waals surface area contributed by atoms with Crippen LogP contribution in [0.5, 0.6) is 0 Å². The molecule has 12 heteroatoms. The molecule has 2 amide bonds. The molecule has 2 N–H and O–H groups in total. The predicted octanol–water partition coefficient (Wildman–Crippen LogP) is 2.58. The molecule has 0 radical (unpaired) electrons. The second-order valence-corrected chi connectivity index (χ2v) is 9.09. The molecule has 4 rings (SSSR count). The third-order valence-corrected chi connectivity index (χ3v) is 6.21. The monoisotopic (exact) mass is 525 g/mol. The van der Waals surface area contributed by atoms with Crippen molar-refractivity contribution in [1.82, 2.24) is 15.1 Å². The lowest BCUT2D eigenvalue weighted by Crippen LogP contribution is -2.61. The maximum atomic E-state index is 12.7. The van der Waals surface area contributed by atoms with Crippen LogP contribution in [0.15, 0.2) is 53.1 Å². The summed E-state index contributed by atoms with van der Waals surface area (Å²) in [4.78, 5) is 38.1. The number of aliphatic carboxylic acids is 1. The largest absolute Gasteiger partial charge is 0.490 e. The highest BCUT2D eigenvalue weighted by Crippen LogP contribution is 2.32. The van der Waals surface area contributed by atoms with Crippen LogP contribution >= 0.6 is 0 Å². The summed E-state index contributed by atoms with van der Waals surface area (Å²) in [5.74, 6) is -2.55. The van der Waals surface area contributed by atoms with Crippen LogP contribution < -0.4 is 5.32 Å². The quantitative estimate of drug-likeness (QED) is 0.617. The first-order valence-corrected chi connectivity index (χ1v) is 11.8. The van der Waals surface area contributed by atoms with E-state index >= 15 is 0 Å². The van der Waals surface area contributed by atoms with Gasteiger partial charge in [-0.05, 0) is 44.0 Å². The number of piperidine rings is 1. The fourth-order valence-corrected chi connectivity index (χ4v) is 4.39. The van der Waals surface area contributed by atoms with Crippen molar-refractivity contribution < 1.29 is 41.8 Å². The first-order chi connectivity index (χ1) is 17.5. The molecule has 2 saturated heterocycles. The topological polar surface area (TPSA) is 112 Å². The van der Waals surface area contributed by atoms with Crippen LogP contribution in [-0.4, -0.2) is 90.3 Å². The maximum Gasteiger partial charge on any atom is 0.490 e. The van der Waals surface area contributed by atoms with Crippen LogP contribution in [0.1, 0.15) is 29.0 Å². The molecule has 37 heavy (non-hydrogen) atoms. The van der Waals surface area contributed by atoms with Crippen molar-refractivity contribution in [1.29, 1.82) is 0 Å². The molecule has 202 valence electrons. The molecule has 1 unspecified atom stereocenters. The van der Waals surface area contributed by atoms with Gasteiger partial charge in [-0.1, -0.05) is 30.3 Å². The summed E-state index contributed by atoms with van der Waals surface area (Å²) in [6, 6.07) is 13.5. The third kappa shape index (κ3) is 8.05. The second-order valence-electron chi connectivity index (χ2n) is 9.09. The zero-order valence-corrected chi connectivity index (χ0v) is 20.4. The Hall–Kier alpha value is -3.38. The van der Waals surface area contributed by atoms with Gasteiger partial charge in [0.15, 0.2) is 5.76 Å². The molecule has 2 aliphatic heterocycles. The van der Waals surface area contributed by atoms with Gasteiger partial charge in [-0.2, -0.15) is 13.2 Å². The molecule has 3 heterocycles. The number of halogens is 3. The van der Waals surface area contributed by atoms with Crippen LogP contribution in [0.25, 0.3) is 0 Å². The van der Waals surface area contributed by atoms with Crippen molar-refractivity contribution >= 4 is 17.8 Å². The number of benzene rings is 1. The zero-order chi connectivity index (χ0) is 27.1. The van der Waals surface area contributed by atoms with Gasteiger partial charge < -0.3 is 29.4 Å². The Kier molecular flexibility index (Phi) is 9.33. The van der Waals surface area contributed by atoms with Gasteiger partial charge in [0.25, 0.3) is 11.8 Å². The normalized spacial score (nSPS) is 19.6. The van der Waals surface area contributed by atoms with E-state index in [1.165, 1.54) is 11.8 Å². The number of furan rings is 1. The van der Waals surface area contributed by atoms with Gasteiger partial charge in [-0.25, -0.2) is 4.79 Å². The number of morpholine rings is 1. The second kappa shape index (κ2) is 12.2. The number of carboxylic acid groups (broad SMARTS) is 1. The maximum absolute atomic E-state index is 12.7. The number of hydrogen-bond donors (Lipinski definition) is 2. The Morgan fingerprint density at radius 2 is 1.76 bits per heavy atom. The van der Waals surface area contributed by atoms with Gasteiger partial charge in [0.1, 0.15) is 6.10 Å². The highest BCUT2D eigenvalue weighted by molar-refractivity contribution is 5.91. The number of likely N-dealkylation sites (tertiary alicyclic amines) is 1. The number of nitrogens with one attached hydrogen (secondary N) is 1. The van der Waals surface area contributed by atoms with Gasteiger partial charge in [0.05, 0.1) is 11.9 Å². The van der Waals surface area contributed by atoms with Gasteiger partial charge in [-0.3, -0.25) is 9.59 Å². The van der Waals surface area contributed by atoms with Crippen LogP contribution in [0.3, 0.4) is 0 Å².